The molecule has 0 spiro atoms. The maximum Gasteiger partial charge on any atom is 0.326 e. The van der Waals surface area contributed by atoms with Crippen LogP contribution in [0.1, 0.15) is 39.5 Å². The van der Waals surface area contributed by atoms with Gasteiger partial charge in [0.2, 0.25) is 5.91 Å². The first-order valence-electron chi connectivity index (χ1n) is 8.42. The molecule has 2 aliphatic rings. The van der Waals surface area contributed by atoms with Crippen LogP contribution in [0, 0.1) is 5.92 Å². The van der Waals surface area contributed by atoms with E-state index in [0.717, 1.165) is 37.1 Å². The predicted octanol–water partition coefficient (Wildman–Crippen LogP) is 2.96. The minimum absolute atomic E-state index is 0.0166. The number of ether oxygens (including phenoxy) is 1. The smallest absolute Gasteiger partial charge is 0.326 e. The quantitative estimate of drug-likeness (QED) is 0.868. The summed E-state index contributed by atoms with van der Waals surface area (Å²) in [4.78, 5) is 26.6. The molecule has 1 saturated carbocycles. The first kappa shape index (κ1) is 15.8. The molecule has 23 heavy (non-hydrogen) atoms. The molecule has 0 bridgehead atoms. The van der Waals surface area contributed by atoms with Gasteiger partial charge in [-0.1, -0.05) is 26.0 Å². The van der Waals surface area contributed by atoms with Crippen molar-refractivity contribution in [3.63, 3.8) is 0 Å². The number of hydrogen-bond donors (Lipinski definition) is 1. The molecule has 1 aliphatic carbocycles. The molecule has 1 unspecified atom stereocenters. The first-order valence-corrected chi connectivity index (χ1v) is 8.42. The van der Waals surface area contributed by atoms with Crippen molar-refractivity contribution in [1.29, 1.82) is 0 Å². The average molecular weight is 316 g/mol. The summed E-state index contributed by atoms with van der Waals surface area (Å²) < 4.78 is 5.52. The standard InChI is InChI=1S/C18H24N2O3/c1-12(2)17-18(22)20(15-10-6-5-9-14(15)19-17)11-16(21)23-13-7-3-4-8-13/h5-6,9-10,12-13,17,19H,3-4,7-8,11H2,1-2H3. The van der Waals surface area contributed by atoms with Gasteiger partial charge in [-0.25, -0.2) is 0 Å². The molecule has 0 radical (unpaired) electrons. The fourth-order valence-corrected chi connectivity index (χ4v) is 3.32. The number of amides is 1. The van der Waals surface area contributed by atoms with Gasteiger partial charge >= 0.3 is 5.97 Å². The molecule has 1 heterocycles. The molecule has 1 aromatic carbocycles. The molecule has 1 amide bonds. The number of esters is 1. The zero-order valence-corrected chi connectivity index (χ0v) is 13.7. The Kier molecular flexibility index (Phi) is 4.55. The van der Waals surface area contributed by atoms with Gasteiger partial charge in [-0.15, -0.1) is 0 Å². The molecule has 1 atom stereocenters. The lowest BCUT2D eigenvalue weighted by Crippen LogP contribution is -2.51. The summed E-state index contributed by atoms with van der Waals surface area (Å²) in [5, 5.41) is 3.28. The Hall–Kier alpha value is -2.04. The van der Waals surface area contributed by atoms with Crippen molar-refractivity contribution in [2.45, 2.75) is 51.7 Å². The molecule has 1 aromatic rings. The van der Waals surface area contributed by atoms with Gasteiger partial charge in [0.25, 0.3) is 0 Å². The van der Waals surface area contributed by atoms with Crippen LogP contribution in [0.2, 0.25) is 0 Å². The van der Waals surface area contributed by atoms with E-state index in [-0.39, 0.29) is 36.5 Å². The average Bonchev–Trinajstić information content (AvgIpc) is 3.02. The van der Waals surface area contributed by atoms with E-state index in [1.54, 1.807) is 4.90 Å². The summed E-state index contributed by atoms with van der Waals surface area (Å²) in [6.07, 6.45) is 4.13. The fourth-order valence-electron chi connectivity index (χ4n) is 3.32. The number of hydrogen-bond acceptors (Lipinski definition) is 4. The van der Waals surface area contributed by atoms with Gasteiger partial charge in [-0.2, -0.15) is 0 Å². The highest BCUT2D eigenvalue weighted by atomic mass is 16.5. The number of para-hydroxylation sites is 2. The second-order valence-corrected chi connectivity index (χ2v) is 6.70. The van der Waals surface area contributed by atoms with Crippen LogP contribution in [0.25, 0.3) is 0 Å². The van der Waals surface area contributed by atoms with Gasteiger partial charge in [0.1, 0.15) is 18.7 Å². The number of anilines is 2. The number of carbonyl (C=O) groups is 2. The topological polar surface area (TPSA) is 58.6 Å². The lowest BCUT2D eigenvalue weighted by Gasteiger charge is -2.36. The van der Waals surface area contributed by atoms with Crippen molar-refractivity contribution in [1.82, 2.24) is 0 Å². The highest BCUT2D eigenvalue weighted by Gasteiger charge is 2.35. The predicted molar refractivity (Wildman–Crippen MR) is 89.4 cm³/mol. The van der Waals surface area contributed by atoms with Crippen LogP contribution in [0.5, 0.6) is 0 Å². The molecular formula is C18H24N2O3. The Balaban J connectivity index is 1.78. The zero-order valence-electron chi connectivity index (χ0n) is 13.7. The maximum atomic E-state index is 12.8. The van der Waals surface area contributed by atoms with Crippen LogP contribution in [0.3, 0.4) is 0 Å². The van der Waals surface area contributed by atoms with Crippen molar-refractivity contribution < 1.29 is 14.3 Å². The van der Waals surface area contributed by atoms with Crippen molar-refractivity contribution in [2.75, 3.05) is 16.8 Å². The summed E-state index contributed by atoms with van der Waals surface area (Å²) in [6.45, 7) is 3.98. The number of carbonyl (C=O) groups excluding carboxylic acids is 2. The fraction of sp³-hybridized carbons (Fsp3) is 0.556. The number of fused-ring (bicyclic) bond motifs is 1. The second-order valence-electron chi connectivity index (χ2n) is 6.70. The summed E-state index contributed by atoms with van der Waals surface area (Å²) in [7, 11) is 0. The third kappa shape index (κ3) is 3.33. The highest BCUT2D eigenvalue weighted by Crippen LogP contribution is 2.33. The largest absolute Gasteiger partial charge is 0.461 e. The summed E-state index contributed by atoms with van der Waals surface area (Å²) in [5.74, 6) is -0.240. The Morgan fingerprint density at radius 1 is 1.30 bits per heavy atom. The van der Waals surface area contributed by atoms with Crippen LogP contribution in [0.15, 0.2) is 24.3 Å². The van der Waals surface area contributed by atoms with E-state index >= 15 is 0 Å². The van der Waals surface area contributed by atoms with E-state index in [4.69, 9.17) is 4.74 Å². The monoisotopic (exact) mass is 316 g/mol. The molecule has 1 aliphatic heterocycles. The Labute approximate surface area is 137 Å². The number of nitrogens with zero attached hydrogens (tertiary/aromatic N) is 1. The molecule has 1 N–H and O–H groups in total. The van der Waals surface area contributed by atoms with E-state index in [1.807, 2.05) is 38.1 Å². The minimum atomic E-state index is -0.316. The summed E-state index contributed by atoms with van der Waals surface area (Å²) in [5.41, 5.74) is 1.64. The van der Waals surface area contributed by atoms with E-state index in [9.17, 15) is 9.59 Å². The third-order valence-corrected chi connectivity index (χ3v) is 4.59. The lowest BCUT2D eigenvalue weighted by molar-refractivity contribution is -0.147. The van der Waals surface area contributed by atoms with Gasteiger partial charge in [-0.3, -0.25) is 14.5 Å². The van der Waals surface area contributed by atoms with Gasteiger partial charge in [0.05, 0.1) is 11.4 Å². The Morgan fingerprint density at radius 2 is 2.00 bits per heavy atom. The number of benzene rings is 1. The van der Waals surface area contributed by atoms with Crippen LogP contribution >= 0.6 is 0 Å². The first-order chi connectivity index (χ1) is 11.1. The van der Waals surface area contributed by atoms with Crippen LogP contribution in [-0.4, -0.2) is 30.6 Å². The van der Waals surface area contributed by atoms with E-state index in [0.29, 0.717) is 0 Å². The zero-order chi connectivity index (χ0) is 16.4. The second kappa shape index (κ2) is 6.60. The van der Waals surface area contributed by atoms with Gasteiger partial charge in [-0.05, 0) is 43.7 Å². The molecule has 124 valence electrons. The van der Waals surface area contributed by atoms with Gasteiger partial charge < -0.3 is 10.1 Å². The summed E-state index contributed by atoms with van der Waals surface area (Å²) in [6, 6.07) is 7.28. The van der Waals surface area contributed by atoms with Gasteiger partial charge in [0, 0.05) is 0 Å². The molecule has 5 heteroatoms. The number of rotatable bonds is 4. The molecule has 3 rings (SSSR count). The third-order valence-electron chi connectivity index (χ3n) is 4.59. The van der Waals surface area contributed by atoms with Crippen molar-refractivity contribution >= 4 is 23.3 Å². The summed E-state index contributed by atoms with van der Waals surface area (Å²) >= 11 is 0. The van der Waals surface area contributed by atoms with Crippen molar-refractivity contribution in [3.05, 3.63) is 24.3 Å². The maximum absolute atomic E-state index is 12.8. The van der Waals surface area contributed by atoms with Crippen LogP contribution in [0.4, 0.5) is 11.4 Å². The van der Waals surface area contributed by atoms with Crippen molar-refractivity contribution in [2.24, 2.45) is 5.92 Å². The molecular weight excluding hydrogens is 292 g/mol. The molecule has 5 nitrogen and oxygen atoms in total. The van der Waals surface area contributed by atoms with E-state index in [2.05, 4.69) is 5.32 Å². The molecule has 0 aromatic heterocycles. The van der Waals surface area contributed by atoms with E-state index in [1.165, 1.54) is 0 Å². The molecule has 1 fully saturated rings. The minimum Gasteiger partial charge on any atom is -0.461 e. The lowest BCUT2D eigenvalue weighted by atomic mass is 9.99. The SMILES string of the molecule is CC(C)C1Nc2ccccc2N(CC(=O)OC2CCCC2)C1=O. The molecule has 0 saturated heterocycles. The van der Waals surface area contributed by atoms with Crippen LogP contribution < -0.4 is 10.2 Å². The normalized spacial score (nSPS) is 21.3. The van der Waals surface area contributed by atoms with Crippen LogP contribution in [-0.2, 0) is 14.3 Å². The Bertz CT molecular complexity index is 594. The van der Waals surface area contributed by atoms with Gasteiger partial charge in [0.15, 0.2) is 0 Å². The Morgan fingerprint density at radius 3 is 2.70 bits per heavy atom. The van der Waals surface area contributed by atoms with E-state index < -0.39 is 0 Å². The highest BCUT2D eigenvalue weighted by molar-refractivity contribution is 6.07. The number of nitrogens with one attached hydrogen (secondary N) is 1. The van der Waals surface area contributed by atoms with Crippen molar-refractivity contribution in [3.8, 4) is 0 Å².